The van der Waals surface area contributed by atoms with Crippen LogP contribution < -0.4 is 10.1 Å². The number of halogens is 1. The lowest BCUT2D eigenvalue weighted by atomic mass is 10.1. The monoisotopic (exact) mass is 406 g/mol. The highest BCUT2D eigenvalue weighted by atomic mass is 32.2. The van der Waals surface area contributed by atoms with E-state index in [0.29, 0.717) is 24.2 Å². The van der Waals surface area contributed by atoms with Crippen molar-refractivity contribution in [2.75, 3.05) is 20.2 Å². The van der Waals surface area contributed by atoms with Gasteiger partial charge in [-0.1, -0.05) is 12.1 Å². The normalized spacial score (nSPS) is 14.8. The van der Waals surface area contributed by atoms with E-state index in [1.807, 2.05) is 0 Å². The van der Waals surface area contributed by atoms with Crippen molar-refractivity contribution in [3.05, 3.63) is 58.9 Å². The molecule has 1 saturated heterocycles. The lowest BCUT2D eigenvalue weighted by Crippen LogP contribution is -2.29. The average molecular weight is 406 g/mol. The van der Waals surface area contributed by atoms with Crippen LogP contribution in [0.1, 0.15) is 34.3 Å². The first kappa shape index (κ1) is 20.3. The number of carbonyl (C=O) groups is 1. The first-order valence-electron chi connectivity index (χ1n) is 9.04. The molecular formula is C20H23FN2O4S. The molecule has 150 valence electrons. The third-order valence-electron chi connectivity index (χ3n) is 4.80. The number of nitrogens with zero attached hydrogens (tertiary/aromatic N) is 1. The van der Waals surface area contributed by atoms with Crippen molar-refractivity contribution in [1.29, 1.82) is 0 Å². The van der Waals surface area contributed by atoms with Crippen molar-refractivity contribution in [3.8, 4) is 5.75 Å². The highest BCUT2D eigenvalue weighted by Gasteiger charge is 2.30. The van der Waals surface area contributed by atoms with E-state index >= 15 is 0 Å². The SMILES string of the molecule is COc1ccc(C(=O)NCc2ccc(C)c(F)c2)cc1S(=O)(=O)N1CCCC1. The molecule has 0 atom stereocenters. The Morgan fingerprint density at radius 3 is 2.54 bits per heavy atom. The van der Waals surface area contributed by atoms with E-state index in [2.05, 4.69) is 5.32 Å². The molecule has 2 aromatic rings. The van der Waals surface area contributed by atoms with Gasteiger partial charge in [-0.25, -0.2) is 12.8 Å². The third-order valence-corrected chi connectivity index (χ3v) is 6.72. The van der Waals surface area contributed by atoms with Crippen molar-refractivity contribution in [1.82, 2.24) is 9.62 Å². The zero-order valence-electron chi connectivity index (χ0n) is 15.9. The molecule has 1 N–H and O–H groups in total. The molecule has 0 spiro atoms. The van der Waals surface area contributed by atoms with Crippen molar-refractivity contribution < 1.29 is 22.3 Å². The molecular weight excluding hydrogens is 383 g/mol. The highest BCUT2D eigenvalue weighted by molar-refractivity contribution is 7.89. The van der Waals surface area contributed by atoms with Crippen LogP contribution >= 0.6 is 0 Å². The van der Waals surface area contributed by atoms with Crippen molar-refractivity contribution in [2.45, 2.75) is 31.2 Å². The van der Waals surface area contributed by atoms with E-state index in [0.717, 1.165) is 12.8 Å². The second-order valence-corrected chi connectivity index (χ2v) is 8.65. The number of methoxy groups -OCH3 is 1. The number of hydrogen-bond acceptors (Lipinski definition) is 4. The van der Waals surface area contributed by atoms with Gasteiger partial charge in [-0.15, -0.1) is 0 Å². The summed E-state index contributed by atoms with van der Waals surface area (Å²) in [6.07, 6.45) is 1.63. The Morgan fingerprint density at radius 2 is 1.89 bits per heavy atom. The van der Waals surface area contributed by atoms with E-state index in [9.17, 15) is 17.6 Å². The predicted molar refractivity (Wildman–Crippen MR) is 103 cm³/mol. The molecule has 8 heteroatoms. The standard InChI is InChI=1S/C20H23FN2O4S/c1-14-5-6-15(11-17(14)21)13-22-20(24)16-7-8-18(27-2)19(12-16)28(25,26)23-9-3-4-10-23/h5-8,11-12H,3-4,9-10,13H2,1-2H3,(H,22,24). The Bertz CT molecular complexity index is 986. The zero-order chi connectivity index (χ0) is 20.3. The van der Waals surface area contributed by atoms with E-state index in [-0.39, 0.29) is 28.6 Å². The van der Waals surface area contributed by atoms with Crippen LogP contribution in [-0.2, 0) is 16.6 Å². The van der Waals surface area contributed by atoms with Crippen LogP contribution in [0.2, 0.25) is 0 Å². The summed E-state index contributed by atoms with van der Waals surface area (Å²) < 4.78 is 46.1. The second kappa shape index (κ2) is 8.28. The van der Waals surface area contributed by atoms with Gasteiger partial charge >= 0.3 is 0 Å². The van der Waals surface area contributed by atoms with E-state index in [1.165, 1.54) is 35.7 Å². The highest BCUT2D eigenvalue weighted by Crippen LogP contribution is 2.29. The minimum atomic E-state index is -3.74. The Balaban J connectivity index is 1.81. The fourth-order valence-electron chi connectivity index (χ4n) is 3.12. The molecule has 0 bridgehead atoms. The zero-order valence-corrected chi connectivity index (χ0v) is 16.7. The Morgan fingerprint density at radius 1 is 1.18 bits per heavy atom. The Kier molecular flexibility index (Phi) is 6.00. The fraction of sp³-hybridized carbons (Fsp3) is 0.350. The smallest absolute Gasteiger partial charge is 0.251 e. The van der Waals surface area contributed by atoms with Crippen molar-refractivity contribution in [3.63, 3.8) is 0 Å². The molecule has 0 unspecified atom stereocenters. The molecule has 0 saturated carbocycles. The topological polar surface area (TPSA) is 75.7 Å². The summed E-state index contributed by atoms with van der Waals surface area (Å²) in [5.74, 6) is -0.583. The maximum atomic E-state index is 13.6. The molecule has 28 heavy (non-hydrogen) atoms. The van der Waals surface area contributed by atoms with Gasteiger partial charge in [0.15, 0.2) is 0 Å². The van der Waals surface area contributed by atoms with Gasteiger partial charge < -0.3 is 10.1 Å². The average Bonchev–Trinajstić information content (AvgIpc) is 3.24. The number of rotatable bonds is 6. The van der Waals surface area contributed by atoms with Crippen LogP contribution in [0.4, 0.5) is 4.39 Å². The van der Waals surface area contributed by atoms with Gasteiger partial charge in [0.2, 0.25) is 10.0 Å². The van der Waals surface area contributed by atoms with Gasteiger partial charge in [0, 0.05) is 25.2 Å². The fourth-order valence-corrected chi connectivity index (χ4v) is 4.82. The van der Waals surface area contributed by atoms with Crippen LogP contribution in [0.15, 0.2) is 41.3 Å². The van der Waals surface area contributed by atoms with E-state index < -0.39 is 15.9 Å². The number of nitrogens with one attached hydrogen (secondary N) is 1. The van der Waals surface area contributed by atoms with Gasteiger partial charge in [-0.3, -0.25) is 4.79 Å². The molecule has 0 aliphatic carbocycles. The lowest BCUT2D eigenvalue weighted by molar-refractivity contribution is 0.0950. The molecule has 0 aromatic heterocycles. The van der Waals surface area contributed by atoms with Crippen LogP contribution in [-0.4, -0.2) is 38.8 Å². The molecule has 1 aliphatic rings. The van der Waals surface area contributed by atoms with Crippen LogP contribution in [0.25, 0.3) is 0 Å². The second-order valence-electron chi connectivity index (χ2n) is 6.74. The van der Waals surface area contributed by atoms with Gasteiger partial charge in [-0.05, 0) is 55.2 Å². The van der Waals surface area contributed by atoms with Crippen LogP contribution in [0.5, 0.6) is 5.75 Å². The third kappa shape index (κ3) is 4.18. The molecule has 6 nitrogen and oxygen atoms in total. The van der Waals surface area contributed by atoms with Gasteiger partial charge in [0.1, 0.15) is 16.5 Å². The largest absolute Gasteiger partial charge is 0.495 e. The molecule has 3 rings (SSSR count). The summed E-state index contributed by atoms with van der Waals surface area (Å²) in [5, 5.41) is 2.69. The number of carbonyl (C=O) groups excluding carboxylic acids is 1. The summed E-state index contributed by atoms with van der Waals surface area (Å²) >= 11 is 0. The number of benzene rings is 2. The summed E-state index contributed by atoms with van der Waals surface area (Å²) in [6, 6.07) is 9.06. The molecule has 1 aliphatic heterocycles. The van der Waals surface area contributed by atoms with Crippen LogP contribution in [0.3, 0.4) is 0 Å². The summed E-state index contributed by atoms with van der Waals surface area (Å²) in [6.45, 7) is 2.72. The summed E-state index contributed by atoms with van der Waals surface area (Å²) in [5.41, 5.74) is 1.35. The molecule has 1 fully saturated rings. The minimum absolute atomic E-state index is 0.0223. The molecule has 1 amide bonds. The quantitative estimate of drug-likeness (QED) is 0.800. The predicted octanol–water partition coefficient (Wildman–Crippen LogP) is 2.86. The number of hydrogen-bond donors (Lipinski definition) is 1. The Hall–Kier alpha value is -2.45. The number of ether oxygens (including phenoxy) is 1. The van der Waals surface area contributed by atoms with E-state index in [4.69, 9.17) is 4.74 Å². The molecule has 1 heterocycles. The number of aryl methyl sites for hydroxylation is 1. The van der Waals surface area contributed by atoms with Gasteiger partial charge in [0.05, 0.1) is 7.11 Å². The number of sulfonamides is 1. The summed E-state index contributed by atoms with van der Waals surface area (Å²) in [7, 11) is -2.34. The van der Waals surface area contributed by atoms with Gasteiger partial charge in [0.25, 0.3) is 5.91 Å². The van der Waals surface area contributed by atoms with Crippen molar-refractivity contribution >= 4 is 15.9 Å². The first-order valence-corrected chi connectivity index (χ1v) is 10.5. The van der Waals surface area contributed by atoms with Gasteiger partial charge in [-0.2, -0.15) is 4.31 Å². The Labute approximate surface area is 164 Å². The maximum absolute atomic E-state index is 13.6. The van der Waals surface area contributed by atoms with Crippen LogP contribution in [0, 0.1) is 12.7 Å². The summed E-state index contributed by atoms with van der Waals surface area (Å²) in [4.78, 5) is 12.5. The van der Waals surface area contributed by atoms with E-state index in [1.54, 1.807) is 19.1 Å². The van der Waals surface area contributed by atoms with Crippen molar-refractivity contribution in [2.24, 2.45) is 0 Å². The number of amides is 1. The first-order chi connectivity index (χ1) is 13.3. The molecule has 0 radical (unpaired) electrons. The molecule has 2 aromatic carbocycles. The minimum Gasteiger partial charge on any atom is -0.495 e. The maximum Gasteiger partial charge on any atom is 0.251 e. The lowest BCUT2D eigenvalue weighted by Gasteiger charge is -2.18.